The normalized spacial score (nSPS) is 11.2. The number of thiophene rings is 1. The molecule has 1 N–H and O–H groups in total. The number of nitrogens with zero attached hydrogens (tertiary/aromatic N) is 1. The van der Waals surface area contributed by atoms with Crippen molar-refractivity contribution in [1.82, 2.24) is 0 Å². The Bertz CT molecular complexity index is 1010. The van der Waals surface area contributed by atoms with E-state index in [2.05, 4.69) is 5.32 Å². The molecule has 0 spiro atoms. The number of para-hydroxylation sites is 1. The van der Waals surface area contributed by atoms with E-state index in [1.54, 1.807) is 41.8 Å². The molecule has 0 atom stereocenters. The van der Waals surface area contributed by atoms with Crippen LogP contribution in [0.4, 0.5) is 11.4 Å². The highest BCUT2D eigenvalue weighted by Crippen LogP contribution is 2.28. The van der Waals surface area contributed by atoms with Crippen molar-refractivity contribution in [3.8, 4) is 0 Å². The first-order chi connectivity index (χ1) is 12.4. The molecule has 7 heteroatoms. The quantitative estimate of drug-likeness (QED) is 0.717. The number of nitrogens with one attached hydrogen (secondary N) is 1. The van der Waals surface area contributed by atoms with Crippen LogP contribution in [0.2, 0.25) is 0 Å². The second kappa shape index (κ2) is 7.31. The molecule has 5 nitrogen and oxygen atoms in total. The van der Waals surface area contributed by atoms with Crippen LogP contribution in [0.1, 0.15) is 15.2 Å². The summed E-state index contributed by atoms with van der Waals surface area (Å²) in [6.45, 7) is 1.95. The molecule has 0 unspecified atom stereocenters. The van der Waals surface area contributed by atoms with Crippen LogP contribution in [-0.2, 0) is 10.0 Å². The summed E-state index contributed by atoms with van der Waals surface area (Å²) in [5.74, 6) is -0.441. The van der Waals surface area contributed by atoms with E-state index in [1.807, 2.05) is 25.1 Å². The molecule has 1 amide bonds. The Kier molecular flexibility index (Phi) is 5.11. The van der Waals surface area contributed by atoms with Crippen molar-refractivity contribution in [3.63, 3.8) is 0 Å². The topological polar surface area (TPSA) is 66.5 Å². The molecule has 0 aliphatic rings. The van der Waals surface area contributed by atoms with Gasteiger partial charge in [-0.3, -0.25) is 9.10 Å². The van der Waals surface area contributed by atoms with E-state index in [0.29, 0.717) is 11.4 Å². The van der Waals surface area contributed by atoms with E-state index in [-0.39, 0.29) is 9.77 Å². The fraction of sp³-hybridized carbons (Fsp3) is 0.105. The summed E-state index contributed by atoms with van der Waals surface area (Å²) < 4.78 is 27.1. The standard InChI is InChI=1S/C19H18N2O3S2/c1-14-8-10-15(11-9-14)20-19(22)18-17(12-13-25-18)26(23,24)21(2)16-6-4-3-5-7-16/h3-13H,1-2H3,(H,20,22). The highest BCUT2D eigenvalue weighted by atomic mass is 32.2. The zero-order valence-electron chi connectivity index (χ0n) is 14.3. The maximum Gasteiger partial charge on any atom is 0.267 e. The molecule has 0 aliphatic carbocycles. The third-order valence-corrected chi connectivity index (χ3v) is 6.77. The molecule has 1 heterocycles. The molecule has 26 heavy (non-hydrogen) atoms. The lowest BCUT2D eigenvalue weighted by atomic mass is 10.2. The zero-order valence-corrected chi connectivity index (χ0v) is 16.0. The van der Waals surface area contributed by atoms with Crippen LogP contribution in [0.15, 0.2) is 70.9 Å². The Morgan fingerprint density at radius 1 is 1.00 bits per heavy atom. The summed E-state index contributed by atoms with van der Waals surface area (Å²) in [7, 11) is -2.36. The van der Waals surface area contributed by atoms with E-state index in [0.717, 1.165) is 16.9 Å². The van der Waals surface area contributed by atoms with Gasteiger partial charge in [-0.25, -0.2) is 8.42 Å². The summed E-state index contributed by atoms with van der Waals surface area (Å²) in [5, 5.41) is 4.36. The number of carbonyl (C=O) groups excluding carboxylic acids is 1. The van der Waals surface area contributed by atoms with Crippen molar-refractivity contribution >= 4 is 38.6 Å². The van der Waals surface area contributed by atoms with Gasteiger partial charge in [0.25, 0.3) is 15.9 Å². The predicted octanol–water partition coefficient (Wildman–Crippen LogP) is 4.13. The van der Waals surface area contributed by atoms with Crippen LogP contribution < -0.4 is 9.62 Å². The van der Waals surface area contributed by atoms with Gasteiger partial charge in [0.1, 0.15) is 9.77 Å². The number of aryl methyl sites for hydroxylation is 1. The van der Waals surface area contributed by atoms with Gasteiger partial charge in [0.15, 0.2) is 0 Å². The second-order valence-electron chi connectivity index (χ2n) is 5.74. The minimum absolute atomic E-state index is 0.00142. The summed E-state index contributed by atoms with van der Waals surface area (Å²) in [4.78, 5) is 12.8. The first-order valence-corrected chi connectivity index (χ1v) is 10.2. The first-order valence-electron chi connectivity index (χ1n) is 7.89. The van der Waals surface area contributed by atoms with Gasteiger partial charge in [-0.1, -0.05) is 35.9 Å². The van der Waals surface area contributed by atoms with Gasteiger partial charge in [-0.2, -0.15) is 0 Å². The van der Waals surface area contributed by atoms with E-state index < -0.39 is 15.9 Å². The predicted molar refractivity (Wildman–Crippen MR) is 105 cm³/mol. The first kappa shape index (κ1) is 18.2. The van der Waals surface area contributed by atoms with E-state index in [9.17, 15) is 13.2 Å². The van der Waals surface area contributed by atoms with Crippen LogP contribution >= 0.6 is 11.3 Å². The number of amides is 1. The SMILES string of the molecule is Cc1ccc(NC(=O)c2sccc2S(=O)(=O)N(C)c2ccccc2)cc1. The molecule has 0 bridgehead atoms. The molecule has 3 rings (SSSR count). The fourth-order valence-electron chi connectivity index (χ4n) is 2.42. The molecule has 3 aromatic rings. The van der Waals surface area contributed by atoms with Crippen molar-refractivity contribution in [1.29, 1.82) is 0 Å². The van der Waals surface area contributed by atoms with E-state index in [1.165, 1.54) is 17.4 Å². The third-order valence-electron chi connectivity index (χ3n) is 3.90. The van der Waals surface area contributed by atoms with Gasteiger partial charge < -0.3 is 5.32 Å². The molecule has 0 saturated carbocycles. The van der Waals surface area contributed by atoms with Gasteiger partial charge >= 0.3 is 0 Å². The zero-order chi connectivity index (χ0) is 18.7. The number of rotatable bonds is 5. The van der Waals surface area contributed by atoms with Crippen molar-refractivity contribution in [3.05, 3.63) is 76.5 Å². The molecular formula is C19H18N2O3S2. The number of sulfonamides is 1. The number of carbonyl (C=O) groups is 1. The Hall–Kier alpha value is -2.64. The molecule has 0 radical (unpaired) electrons. The maximum atomic E-state index is 13.0. The minimum Gasteiger partial charge on any atom is -0.321 e. The molecule has 2 aromatic carbocycles. The van der Waals surface area contributed by atoms with Crippen molar-refractivity contribution in [2.45, 2.75) is 11.8 Å². The third kappa shape index (κ3) is 3.63. The van der Waals surface area contributed by atoms with Gasteiger partial charge in [-0.05, 0) is 42.6 Å². The number of benzene rings is 2. The highest BCUT2D eigenvalue weighted by Gasteiger charge is 2.28. The average Bonchev–Trinajstić information content (AvgIpc) is 3.14. The molecule has 0 fully saturated rings. The van der Waals surface area contributed by atoms with Crippen LogP contribution in [0.25, 0.3) is 0 Å². The smallest absolute Gasteiger partial charge is 0.267 e. The Morgan fingerprint density at radius 2 is 1.65 bits per heavy atom. The second-order valence-corrected chi connectivity index (χ2v) is 8.60. The number of hydrogen-bond donors (Lipinski definition) is 1. The van der Waals surface area contributed by atoms with Crippen molar-refractivity contribution < 1.29 is 13.2 Å². The van der Waals surface area contributed by atoms with Crippen LogP contribution in [0, 0.1) is 6.92 Å². The summed E-state index contributed by atoms with van der Waals surface area (Å²) in [5.41, 5.74) is 2.23. The van der Waals surface area contributed by atoms with Crippen LogP contribution in [-0.4, -0.2) is 21.4 Å². The number of anilines is 2. The molecule has 134 valence electrons. The Balaban J connectivity index is 1.90. The van der Waals surface area contributed by atoms with Gasteiger partial charge in [-0.15, -0.1) is 11.3 Å². The van der Waals surface area contributed by atoms with Gasteiger partial charge in [0, 0.05) is 12.7 Å². The summed E-state index contributed by atoms with van der Waals surface area (Å²) >= 11 is 1.10. The van der Waals surface area contributed by atoms with Gasteiger partial charge in [0.2, 0.25) is 0 Å². The van der Waals surface area contributed by atoms with Gasteiger partial charge in [0.05, 0.1) is 5.69 Å². The number of hydrogen-bond acceptors (Lipinski definition) is 4. The molecule has 0 saturated heterocycles. The Morgan fingerprint density at radius 3 is 2.31 bits per heavy atom. The summed E-state index contributed by atoms with van der Waals surface area (Å²) in [6.07, 6.45) is 0. The highest BCUT2D eigenvalue weighted by molar-refractivity contribution is 7.93. The molecule has 1 aromatic heterocycles. The van der Waals surface area contributed by atoms with E-state index in [4.69, 9.17) is 0 Å². The lowest BCUT2D eigenvalue weighted by molar-refractivity contribution is 0.102. The summed E-state index contributed by atoms with van der Waals surface area (Å²) in [6, 6.07) is 17.5. The fourth-order valence-corrected chi connectivity index (χ4v) is 4.91. The monoisotopic (exact) mass is 386 g/mol. The largest absolute Gasteiger partial charge is 0.321 e. The van der Waals surface area contributed by atoms with Crippen LogP contribution in [0.3, 0.4) is 0 Å². The average molecular weight is 386 g/mol. The Labute approximate surface area is 157 Å². The maximum absolute atomic E-state index is 13.0. The van der Waals surface area contributed by atoms with E-state index >= 15 is 0 Å². The lowest BCUT2D eigenvalue weighted by Crippen LogP contribution is -2.28. The minimum atomic E-state index is -3.84. The molecular weight excluding hydrogens is 368 g/mol. The molecule has 0 aliphatic heterocycles. The lowest BCUT2D eigenvalue weighted by Gasteiger charge is -2.19. The van der Waals surface area contributed by atoms with Crippen molar-refractivity contribution in [2.24, 2.45) is 0 Å². The van der Waals surface area contributed by atoms with Crippen LogP contribution in [0.5, 0.6) is 0 Å². The van der Waals surface area contributed by atoms with Crippen molar-refractivity contribution in [2.75, 3.05) is 16.7 Å².